The molecular formula is C14H8F4N2. The van der Waals surface area contributed by atoms with E-state index >= 15 is 0 Å². The second-order valence-electron chi connectivity index (χ2n) is 4.02. The van der Waals surface area contributed by atoms with Crippen LogP contribution in [0.25, 0.3) is 0 Å². The molecule has 2 nitrogen and oxygen atoms in total. The number of rotatable bonds is 3. The van der Waals surface area contributed by atoms with Crippen molar-refractivity contribution in [2.24, 2.45) is 0 Å². The summed E-state index contributed by atoms with van der Waals surface area (Å²) in [5, 5.41) is 11.0. The Hall–Kier alpha value is -2.55. The van der Waals surface area contributed by atoms with Gasteiger partial charge in [-0.3, -0.25) is 0 Å². The standard InChI is InChI=1S/C14H8F4N2/c15-10-4-12(17)14(18)13(5-10)20-7-9-2-1-8(6-19)3-11(9)16/h1-5,20H,7H2. The number of hydrogen-bond acceptors (Lipinski definition) is 2. The maximum atomic E-state index is 13.6. The van der Waals surface area contributed by atoms with E-state index in [9.17, 15) is 17.6 Å². The van der Waals surface area contributed by atoms with Crippen LogP contribution >= 0.6 is 0 Å². The van der Waals surface area contributed by atoms with Crippen molar-refractivity contribution in [2.45, 2.75) is 6.54 Å². The SMILES string of the molecule is N#Cc1ccc(CNc2cc(F)cc(F)c2F)c(F)c1. The zero-order valence-electron chi connectivity index (χ0n) is 10.1. The third kappa shape index (κ3) is 2.88. The van der Waals surface area contributed by atoms with Gasteiger partial charge in [0.1, 0.15) is 11.6 Å². The van der Waals surface area contributed by atoms with Gasteiger partial charge < -0.3 is 5.32 Å². The highest BCUT2D eigenvalue weighted by Crippen LogP contribution is 2.20. The highest BCUT2D eigenvalue weighted by molar-refractivity contribution is 5.46. The third-order valence-electron chi connectivity index (χ3n) is 2.64. The molecule has 2 rings (SSSR count). The van der Waals surface area contributed by atoms with Crippen molar-refractivity contribution in [3.05, 3.63) is 64.7 Å². The minimum Gasteiger partial charge on any atom is -0.378 e. The van der Waals surface area contributed by atoms with E-state index in [0.717, 1.165) is 12.1 Å². The Morgan fingerprint density at radius 2 is 1.75 bits per heavy atom. The fraction of sp³-hybridized carbons (Fsp3) is 0.0714. The summed E-state index contributed by atoms with van der Waals surface area (Å²) >= 11 is 0. The molecule has 0 unspecified atom stereocenters. The molecule has 0 aliphatic heterocycles. The Morgan fingerprint density at radius 3 is 2.40 bits per heavy atom. The molecule has 0 bridgehead atoms. The molecule has 0 radical (unpaired) electrons. The molecule has 2 aromatic carbocycles. The number of nitrogens with zero attached hydrogens (tertiary/aromatic N) is 1. The summed E-state index contributed by atoms with van der Waals surface area (Å²) in [6, 6.07) is 6.73. The molecule has 0 aliphatic carbocycles. The van der Waals surface area contributed by atoms with Gasteiger partial charge in [0, 0.05) is 24.2 Å². The monoisotopic (exact) mass is 280 g/mol. The van der Waals surface area contributed by atoms with Gasteiger partial charge >= 0.3 is 0 Å². The Morgan fingerprint density at radius 1 is 1.00 bits per heavy atom. The lowest BCUT2D eigenvalue weighted by Gasteiger charge is -2.09. The first kappa shape index (κ1) is 13.9. The van der Waals surface area contributed by atoms with Gasteiger partial charge in [0.25, 0.3) is 0 Å². The van der Waals surface area contributed by atoms with Crippen molar-refractivity contribution < 1.29 is 17.6 Å². The van der Waals surface area contributed by atoms with Gasteiger partial charge in [-0.15, -0.1) is 0 Å². The number of nitriles is 1. The zero-order chi connectivity index (χ0) is 14.7. The smallest absolute Gasteiger partial charge is 0.182 e. The topological polar surface area (TPSA) is 35.8 Å². The normalized spacial score (nSPS) is 10.2. The van der Waals surface area contributed by atoms with E-state index < -0.39 is 29.0 Å². The van der Waals surface area contributed by atoms with Gasteiger partial charge in [-0.1, -0.05) is 6.07 Å². The first-order valence-corrected chi connectivity index (χ1v) is 5.58. The maximum Gasteiger partial charge on any atom is 0.182 e. The molecule has 0 saturated heterocycles. The summed E-state index contributed by atoms with van der Waals surface area (Å²) in [6.45, 7) is -0.169. The molecule has 0 fully saturated rings. The van der Waals surface area contributed by atoms with E-state index in [-0.39, 0.29) is 17.7 Å². The molecule has 6 heteroatoms. The van der Waals surface area contributed by atoms with Gasteiger partial charge in [-0.2, -0.15) is 5.26 Å². The third-order valence-corrected chi connectivity index (χ3v) is 2.64. The van der Waals surface area contributed by atoms with E-state index in [1.54, 1.807) is 6.07 Å². The molecule has 20 heavy (non-hydrogen) atoms. The summed E-state index contributed by atoms with van der Waals surface area (Å²) in [5.41, 5.74) is -0.103. The van der Waals surface area contributed by atoms with Crippen LogP contribution in [-0.2, 0) is 6.54 Å². The Labute approximate surface area is 112 Å². The van der Waals surface area contributed by atoms with Crippen LogP contribution in [0.5, 0.6) is 0 Å². The molecule has 0 spiro atoms. The van der Waals surface area contributed by atoms with Gasteiger partial charge in [-0.25, -0.2) is 17.6 Å². The Bertz CT molecular complexity index is 692. The first-order chi connectivity index (χ1) is 9.51. The molecule has 2 aromatic rings. The minimum absolute atomic E-state index is 0.146. The van der Waals surface area contributed by atoms with Crippen LogP contribution in [0.3, 0.4) is 0 Å². The summed E-state index contributed by atoms with van der Waals surface area (Å²) in [7, 11) is 0. The van der Waals surface area contributed by atoms with Crippen LogP contribution in [-0.4, -0.2) is 0 Å². The highest BCUT2D eigenvalue weighted by Gasteiger charge is 2.11. The average Bonchev–Trinajstić information content (AvgIpc) is 2.42. The number of benzene rings is 2. The predicted molar refractivity (Wildman–Crippen MR) is 64.8 cm³/mol. The van der Waals surface area contributed by atoms with Crippen LogP contribution in [0, 0.1) is 34.6 Å². The van der Waals surface area contributed by atoms with E-state index in [4.69, 9.17) is 5.26 Å². The Balaban J connectivity index is 2.19. The lowest BCUT2D eigenvalue weighted by molar-refractivity contribution is 0.497. The molecule has 102 valence electrons. The molecule has 0 heterocycles. The number of anilines is 1. The fourth-order valence-electron chi connectivity index (χ4n) is 1.64. The van der Waals surface area contributed by atoms with Crippen LogP contribution < -0.4 is 5.32 Å². The van der Waals surface area contributed by atoms with Gasteiger partial charge in [0.05, 0.1) is 17.3 Å². The first-order valence-electron chi connectivity index (χ1n) is 5.58. The number of nitrogens with one attached hydrogen (secondary N) is 1. The van der Waals surface area contributed by atoms with Crippen molar-refractivity contribution in [1.29, 1.82) is 5.26 Å². The Kier molecular flexibility index (Phi) is 3.89. The summed E-state index contributed by atoms with van der Waals surface area (Å²) in [4.78, 5) is 0. The zero-order valence-corrected chi connectivity index (χ0v) is 10.1. The van der Waals surface area contributed by atoms with Crippen molar-refractivity contribution >= 4 is 5.69 Å². The van der Waals surface area contributed by atoms with Crippen LogP contribution in [0.1, 0.15) is 11.1 Å². The van der Waals surface area contributed by atoms with Crippen molar-refractivity contribution in [3.63, 3.8) is 0 Å². The summed E-state index contributed by atoms with van der Waals surface area (Å²) in [5.74, 6) is -4.16. The quantitative estimate of drug-likeness (QED) is 0.687. The van der Waals surface area contributed by atoms with Crippen molar-refractivity contribution in [3.8, 4) is 6.07 Å². The number of halogens is 4. The molecule has 0 atom stereocenters. The molecule has 0 aromatic heterocycles. The van der Waals surface area contributed by atoms with E-state index in [0.29, 0.717) is 6.07 Å². The maximum absolute atomic E-state index is 13.6. The van der Waals surface area contributed by atoms with Crippen molar-refractivity contribution in [2.75, 3.05) is 5.32 Å². The molecule has 1 N–H and O–H groups in total. The van der Waals surface area contributed by atoms with Gasteiger partial charge in [0.15, 0.2) is 11.6 Å². The summed E-state index contributed by atoms with van der Waals surface area (Å²) < 4.78 is 52.9. The van der Waals surface area contributed by atoms with Crippen LogP contribution in [0.2, 0.25) is 0 Å². The lowest BCUT2D eigenvalue weighted by Crippen LogP contribution is -2.05. The average molecular weight is 280 g/mol. The second kappa shape index (κ2) is 5.61. The lowest BCUT2D eigenvalue weighted by atomic mass is 10.1. The van der Waals surface area contributed by atoms with Crippen LogP contribution in [0.4, 0.5) is 23.2 Å². The predicted octanol–water partition coefficient (Wildman–Crippen LogP) is 3.73. The van der Waals surface area contributed by atoms with Gasteiger partial charge in [-0.05, 0) is 12.1 Å². The minimum atomic E-state index is -1.33. The van der Waals surface area contributed by atoms with E-state index in [2.05, 4.69) is 5.32 Å². The second-order valence-corrected chi connectivity index (χ2v) is 4.02. The molecule has 0 saturated carbocycles. The van der Waals surface area contributed by atoms with E-state index in [1.165, 1.54) is 12.1 Å². The van der Waals surface area contributed by atoms with Crippen LogP contribution in [0.15, 0.2) is 30.3 Å². The largest absolute Gasteiger partial charge is 0.378 e. The van der Waals surface area contributed by atoms with Crippen molar-refractivity contribution in [1.82, 2.24) is 0 Å². The molecular weight excluding hydrogens is 272 g/mol. The number of hydrogen-bond donors (Lipinski definition) is 1. The molecule has 0 amide bonds. The highest BCUT2D eigenvalue weighted by atomic mass is 19.2. The molecule has 0 aliphatic rings. The summed E-state index contributed by atoms with van der Waals surface area (Å²) in [6.07, 6.45) is 0. The van der Waals surface area contributed by atoms with E-state index in [1.807, 2.05) is 0 Å². The fourth-order valence-corrected chi connectivity index (χ4v) is 1.64. The van der Waals surface area contributed by atoms with Gasteiger partial charge in [0.2, 0.25) is 0 Å².